The van der Waals surface area contributed by atoms with Crippen molar-refractivity contribution in [3.8, 4) is 0 Å². The third-order valence-electron chi connectivity index (χ3n) is 2.44. The predicted molar refractivity (Wildman–Crippen MR) is 71.3 cm³/mol. The average Bonchev–Trinajstić information content (AvgIpc) is 2.36. The Kier molecular flexibility index (Phi) is 5.98. The molecule has 0 N–H and O–H groups in total. The molecule has 1 heterocycles. The number of rotatable bonds is 6. The van der Waals surface area contributed by atoms with Gasteiger partial charge in [0.1, 0.15) is 11.6 Å². The quantitative estimate of drug-likeness (QED) is 0.460. The maximum Gasteiger partial charge on any atom is 0.316 e. The van der Waals surface area contributed by atoms with Crippen LogP contribution in [0, 0.1) is 5.92 Å². The number of nitrogens with zero attached hydrogens (tertiary/aromatic N) is 1. The van der Waals surface area contributed by atoms with Crippen LogP contribution in [0.1, 0.15) is 37.2 Å². The van der Waals surface area contributed by atoms with Gasteiger partial charge in [-0.25, -0.2) is 0 Å². The van der Waals surface area contributed by atoms with Crippen LogP contribution < -0.4 is 0 Å². The zero-order valence-corrected chi connectivity index (χ0v) is 12.1. The van der Waals surface area contributed by atoms with Crippen molar-refractivity contribution in [1.29, 1.82) is 0 Å². The lowest BCUT2D eigenvalue weighted by Gasteiger charge is -2.13. The molecule has 0 amide bonds. The summed E-state index contributed by atoms with van der Waals surface area (Å²) in [5.41, 5.74) is 0.296. The summed E-state index contributed by atoms with van der Waals surface area (Å²) in [6.45, 7) is 3.93. The lowest BCUT2D eigenvalue weighted by Crippen LogP contribution is -2.27. The van der Waals surface area contributed by atoms with Crippen LogP contribution in [0.25, 0.3) is 0 Å². The molecule has 0 aromatic carbocycles. The lowest BCUT2D eigenvalue weighted by molar-refractivity contribution is -0.146. The van der Waals surface area contributed by atoms with E-state index in [1.54, 1.807) is 25.3 Å². The molecule has 0 aliphatic carbocycles. The van der Waals surface area contributed by atoms with Crippen LogP contribution >= 0.6 is 15.9 Å². The number of hydrogen-bond acceptors (Lipinski definition) is 4. The number of esters is 1. The van der Waals surface area contributed by atoms with Crippen LogP contribution in [0.2, 0.25) is 0 Å². The number of carbonyl (C=O) groups is 2. The first-order valence-corrected chi connectivity index (χ1v) is 6.71. The second-order valence-corrected chi connectivity index (χ2v) is 4.73. The highest BCUT2D eigenvalue weighted by molar-refractivity contribution is 9.10. The van der Waals surface area contributed by atoms with E-state index in [4.69, 9.17) is 4.74 Å². The van der Waals surface area contributed by atoms with Gasteiger partial charge in [0.25, 0.3) is 0 Å². The van der Waals surface area contributed by atoms with Crippen LogP contribution in [0.4, 0.5) is 0 Å². The Morgan fingerprint density at radius 3 is 2.61 bits per heavy atom. The number of ketones is 1. The number of aromatic nitrogens is 1. The Morgan fingerprint density at radius 2 is 2.11 bits per heavy atom. The van der Waals surface area contributed by atoms with Gasteiger partial charge in [-0.15, -0.1) is 0 Å². The number of Topliss-reactive ketones (excluding diaryl/α,β-unsaturated/α-hetero) is 1. The van der Waals surface area contributed by atoms with Gasteiger partial charge in [-0.3, -0.25) is 14.6 Å². The van der Waals surface area contributed by atoms with Gasteiger partial charge in [-0.1, -0.05) is 13.3 Å². The van der Waals surface area contributed by atoms with Crippen LogP contribution in [0.15, 0.2) is 22.8 Å². The van der Waals surface area contributed by atoms with Crippen LogP contribution in [-0.4, -0.2) is 23.3 Å². The summed E-state index contributed by atoms with van der Waals surface area (Å²) in [6.07, 6.45) is 2.77. The third kappa shape index (κ3) is 3.91. The molecular formula is C13H16BrNO3. The van der Waals surface area contributed by atoms with E-state index in [1.165, 1.54) is 0 Å². The number of halogens is 1. The van der Waals surface area contributed by atoms with Crippen LogP contribution in [-0.2, 0) is 9.53 Å². The molecule has 0 fully saturated rings. The molecule has 1 aromatic rings. The topological polar surface area (TPSA) is 56.3 Å². The minimum Gasteiger partial charge on any atom is -0.465 e. The van der Waals surface area contributed by atoms with Crippen molar-refractivity contribution in [1.82, 2.24) is 4.98 Å². The van der Waals surface area contributed by atoms with E-state index in [0.717, 1.165) is 10.9 Å². The molecule has 5 heteroatoms. The standard InChI is InChI=1S/C13H16BrNO3/c1-3-5-10(13(17)18-4-2)12(16)11-7-6-9(14)8-15-11/h6-8,10H,3-5H2,1-2H3. The molecule has 98 valence electrons. The Labute approximate surface area is 115 Å². The number of pyridine rings is 1. The highest BCUT2D eigenvalue weighted by Gasteiger charge is 2.28. The van der Waals surface area contributed by atoms with E-state index in [-0.39, 0.29) is 12.4 Å². The van der Waals surface area contributed by atoms with Crippen LogP contribution in [0.5, 0.6) is 0 Å². The van der Waals surface area contributed by atoms with Gasteiger partial charge in [0, 0.05) is 10.7 Å². The van der Waals surface area contributed by atoms with E-state index in [2.05, 4.69) is 20.9 Å². The Balaban J connectivity index is 2.88. The Morgan fingerprint density at radius 1 is 1.39 bits per heavy atom. The summed E-state index contributed by atoms with van der Waals surface area (Å²) >= 11 is 3.25. The van der Waals surface area contributed by atoms with Crippen molar-refractivity contribution in [2.45, 2.75) is 26.7 Å². The van der Waals surface area contributed by atoms with E-state index in [1.807, 2.05) is 6.92 Å². The number of ether oxygens (including phenoxy) is 1. The second kappa shape index (κ2) is 7.26. The zero-order chi connectivity index (χ0) is 13.5. The minimum absolute atomic E-state index is 0.275. The van der Waals surface area contributed by atoms with E-state index < -0.39 is 11.9 Å². The summed E-state index contributed by atoms with van der Waals surface area (Å²) in [6, 6.07) is 3.34. The Bertz CT molecular complexity index is 417. The van der Waals surface area contributed by atoms with Crippen molar-refractivity contribution in [3.05, 3.63) is 28.5 Å². The fourth-order valence-electron chi connectivity index (χ4n) is 1.59. The van der Waals surface area contributed by atoms with Gasteiger partial charge in [0.05, 0.1) is 6.61 Å². The molecule has 0 aliphatic rings. The molecule has 0 radical (unpaired) electrons. The second-order valence-electron chi connectivity index (χ2n) is 3.82. The molecule has 1 unspecified atom stereocenters. The molecule has 0 saturated carbocycles. The summed E-state index contributed by atoms with van der Waals surface area (Å²) < 4.78 is 5.72. The van der Waals surface area contributed by atoms with E-state index >= 15 is 0 Å². The van der Waals surface area contributed by atoms with Gasteiger partial charge in [0.2, 0.25) is 0 Å². The maximum absolute atomic E-state index is 12.2. The molecule has 0 bridgehead atoms. The van der Waals surface area contributed by atoms with Gasteiger partial charge in [0.15, 0.2) is 5.78 Å². The lowest BCUT2D eigenvalue weighted by atomic mass is 9.96. The highest BCUT2D eigenvalue weighted by Crippen LogP contribution is 2.16. The summed E-state index contributed by atoms with van der Waals surface area (Å²) in [4.78, 5) is 27.9. The maximum atomic E-state index is 12.2. The molecule has 0 saturated heterocycles. The van der Waals surface area contributed by atoms with Gasteiger partial charge in [-0.2, -0.15) is 0 Å². The van der Waals surface area contributed by atoms with Gasteiger partial charge in [-0.05, 0) is 41.4 Å². The molecular weight excluding hydrogens is 298 g/mol. The fourth-order valence-corrected chi connectivity index (χ4v) is 1.82. The first-order chi connectivity index (χ1) is 8.60. The first kappa shape index (κ1) is 14.8. The molecule has 1 rings (SSSR count). The molecule has 0 aliphatic heterocycles. The van der Waals surface area contributed by atoms with Gasteiger partial charge >= 0.3 is 5.97 Å². The summed E-state index contributed by atoms with van der Waals surface area (Å²) in [7, 11) is 0. The summed E-state index contributed by atoms with van der Waals surface area (Å²) in [5, 5.41) is 0. The predicted octanol–water partition coefficient (Wildman–Crippen LogP) is 3.01. The zero-order valence-electron chi connectivity index (χ0n) is 10.5. The van der Waals surface area contributed by atoms with Crippen molar-refractivity contribution in [3.63, 3.8) is 0 Å². The van der Waals surface area contributed by atoms with Crippen LogP contribution in [0.3, 0.4) is 0 Å². The molecule has 4 nitrogen and oxygen atoms in total. The molecule has 0 spiro atoms. The van der Waals surface area contributed by atoms with Crippen molar-refractivity contribution in [2.24, 2.45) is 5.92 Å². The molecule has 1 aromatic heterocycles. The summed E-state index contributed by atoms with van der Waals surface area (Å²) in [5.74, 6) is -1.49. The smallest absolute Gasteiger partial charge is 0.316 e. The normalized spacial score (nSPS) is 11.9. The number of carbonyl (C=O) groups excluding carboxylic acids is 2. The average molecular weight is 314 g/mol. The largest absolute Gasteiger partial charge is 0.465 e. The molecule has 1 atom stereocenters. The van der Waals surface area contributed by atoms with E-state index in [0.29, 0.717) is 12.1 Å². The van der Waals surface area contributed by atoms with Gasteiger partial charge < -0.3 is 4.74 Å². The SMILES string of the molecule is CCCC(C(=O)OCC)C(=O)c1ccc(Br)cn1. The van der Waals surface area contributed by atoms with Crippen molar-refractivity contribution >= 4 is 27.7 Å². The fraction of sp³-hybridized carbons (Fsp3) is 0.462. The Hall–Kier alpha value is -1.23. The monoisotopic (exact) mass is 313 g/mol. The molecule has 18 heavy (non-hydrogen) atoms. The van der Waals surface area contributed by atoms with Crippen molar-refractivity contribution < 1.29 is 14.3 Å². The van der Waals surface area contributed by atoms with Crippen molar-refractivity contribution in [2.75, 3.05) is 6.61 Å². The first-order valence-electron chi connectivity index (χ1n) is 5.92. The minimum atomic E-state index is -0.747. The third-order valence-corrected chi connectivity index (χ3v) is 2.91. The van der Waals surface area contributed by atoms with E-state index in [9.17, 15) is 9.59 Å². The highest BCUT2D eigenvalue weighted by atomic mass is 79.9. The number of hydrogen-bond donors (Lipinski definition) is 0.